The third kappa shape index (κ3) is 2.93. The monoisotopic (exact) mass is 336 g/mol. The number of nitrogens with zero attached hydrogens (tertiary/aromatic N) is 1. The number of fused-ring (bicyclic) bond motifs is 1. The summed E-state index contributed by atoms with van der Waals surface area (Å²) in [6.07, 6.45) is 0. The molecular weight excluding hydrogens is 324 g/mol. The van der Waals surface area contributed by atoms with Crippen LogP contribution in [0, 0.1) is 6.92 Å². The third-order valence-corrected chi connectivity index (χ3v) is 4.91. The van der Waals surface area contributed by atoms with Crippen molar-refractivity contribution in [1.29, 1.82) is 0 Å². The van der Waals surface area contributed by atoms with E-state index in [1.807, 2.05) is 6.07 Å². The Hall–Kier alpha value is -2.05. The van der Waals surface area contributed by atoms with Gasteiger partial charge in [0.15, 0.2) is 5.58 Å². The molecule has 1 heterocycles. The van der Waals surface area contributed by atoms with Crippen molar-refractivity contribution >= 4 is 38.3 Å². The number of halogens is 1. The fraction of sp³-hybridized carbons (Fsp3) is 0.133. The summed E-state index contributed by atoms with van der Waals surface area (Å²) in [5, 5.41) is 5.04. The predicted octanol–water partition coefficient (Wildman–Crippen LogP) is 3.73. The zero-order valence-electron chi connectivity index (χ0n) is 11.7. The Kier molecular flexibility index (Phi) is 3.80. The van der Waals surface area contributed by atoms with E-state index in [1.54, 1.807) is 43.3 Å². The first kappa shape index (κ1) is 14.9. The minimum Gasteiger partial charge on any atom is -0.356 e. The molecule has 3 rings (SSSR count). The van der Waals surface area contributed by atoms with Crippen molar-refractivity contribution in [1.82, 2.24) is 5.16 Å². The largest absolute Gasteiger partial charge is 0.356 e. The van der Waals surface area contributed by atoms with Crippen LogP contribution in [0.15, 0.2) is 47.0 Å². The van der Waals surface area contributed by atoms with Crippen molar-refractivity contribution in [2.24, 2.45) is 0 Å². The molecule has 1 N–H and O–H groups in total. The van der Waals surface area contributed by atoms with Gasteiger partial charge in [-0.15, -0.1) is 0 Å². The molecule has 0 saturated carbocycles. The fourth-order valence-electron chi connectivity index (χ4n) is 2.14. The smallest absolute Gasteiger partial charge is 0.238 e. The maximum Gasteiger partial charge on any atom is 0.238 e. The molecule has 0 fully saturated rings. The van der Waals surface area contributed by atoms with Crippen molar-refractivity contribution in [2.75, 3.05) is 4.72 Å². The number of rotatable bonds is 4. The first-order valence-electron chi connectivity index (χ1n) is 6.55. The Balaban J connectivity index is 1.89. The van der Waals surface area contributed by atoms with E-state index < -0.39 is 10.0 Å². The summed E-state index contributed by atoms with van der Waals surface area (Å²) >= 11 is 6.00. The summed E-state index contributed by atoms with van der Waals surface area (Å²) in [7, 11) is -3.62. The van der Waals surface area contributed by atoms with Gasteiger partial charge < -0.3 is 4.52 Å². The van der Waals surface area contributed by atoms with Crippen molar-refractivity contribution in [3.63, 3.8) is 0 Å². The molecule has 0 unspecified atom stereocenters. The second-order valence-electron chi connectivity index (χ2n) is 4.90. The fourth-order valence-corrected chi connectivity index (χ4v) is 3.51. The molecule has 0 amide bonds. The Labute approximate surface area is 132 Å². The minimum absolute atomic E-state index is 0.268. The van der Waals surface area contributed by atoms with Crippen LogP contribution >= 0.6 is 11.6 Å². The van der Waals surface area contributed by atoms with E-state index in [4.69, 9.17) is 16.1 Å². The molecule has 0 aliphatic heterocycles. The summed E-state index contributed by atoms with van der Waals surface area (Å²) < 4.78 is 32.3. The lowest BCUT2D eigenvalue weighted by molar-refractivity contribution is 0.448. The quantitative estimate of drug-likeness (QED) is 0.788. The molecular formula is C15H13ClN2O3S. The maximum atomic E-state index is 12.3. The zero-order chi connectivity index (χ0) is 15.7. The molecule has 0 radical (unpaired) electrons. The SMILES string of the molecule is Cc1c(Cl)cccc1NS(=O)(=O)Cc1noc2ccccc12. The summed E-state index contributed by atoms with van der Waals surface area (Å²) in [6, 6.07) is 12.2. The highest BCUT2D eigenvalue weighted by Crippen LogP contribution is 2.25. The molecule has 3 aromatic rings. The number of benzene rings is 2. The van der Waals surface area contributed by atoms with Gasteiger partial charge in [-0.25, -0.2) is 8.42 Å². The van der Waals surface area contributed by atoms with Gasteiger partial charge in [-0.3, -0.25) is 4.72 Å². The molecule has 7 heteroatoms. The number of nitrogens with one attached hydrogen (secondary N) is 1. The van der Waals surface area contributed by atoms with E-state index in [9.17, 15) is 8.42 Å². The lowest BCUT2D eigenvalue weighted by Crippen LogP contribution is -2.16. The molecule has 0 spiro atoms. The molecule has 22 heavy (non-hydrogen) atoms. The zero-order valence-corrected chi connectivity index (χ0v) is 13.3. The summed E-state index contributed by atoms with van der Waals surface area (Å²) in [4.78, 5) is 0. The second-order valence-corrected chi connectivity index (χ2v) is 7.03. The van der Waals surface area contributed by atoms with E-state index in [1.165, 1.54) is 0 Å². The van der Waals surface area contributed by atoms with Gasteiger partial charge in [-0.05, 0) is 36.8 Å². The van der Waals surface area contributed by atoms with Crippen LogP contribution in [0.1, 0.15) is 11.3 Å². The highest BCUT2D eigenvalue weighted by atomic mass is 35.5. The Bertz CT molecular complexity index is 935. The second kappa shape index (κ2) is 5.62. The number of hydrogen-bond donors (Lipinski definition) is 1. The van der Waals surface area contributed by atoms with Crippen molar-refractivity contribution < 1.29 is 12.9 Å². The van der Waals surface area contributed by atoms with E-state index >= 15 is 0 Å². The third-order valence-electron chi connectivity index (χ3n) is 3.31. The number of anilines is 1. The van der Waals surface area contributed by atoms with Crippen LogP contribution in [-0.2, 0) is 15.8 Å². The van der Waals surface area contributed by atoms with Crippen LogP contribution in [0.25, 0.3) is 11.0 Å². The highest BCUT2D eigenvalue weighted by Gasteiger charge is 2.18. The van der Waals surface area contributed by atoms with Gasteiger partial charge in [0.05, 0.1) is 5.69 Å². The molecule has 0 bridgehead atoms. The van der Waals surface area contributed by atoms with Gasteiger partial charge in [0.2, 0.25) is 10.0 Å². The van der Waals surface area contributed by atoms with E-state index in [0.29, 0.717) is 32.9 Å². The molecule has 0 atom stereocenters. The van der Waals surface area contributed by atoms with E-state index in [0.717, 1.165) is 0 Å². The summed E-state index contributed by atoms with van der Waals surface area (Å²) in [5.41, 5.74) is 2.08. The molecule has 2 aromatic carbocycles. The van der Waals surface area contributed by atoms with Crippen LogP contribution in [-0.4, -0.2) is 13.6 Å². The Morgan fingerprint density at radius 3 is 2.77 bits per heavy atom. The van der Waals surface area contributed by atoms with Crippen LogP contribution < -0.4 is 4.72 Å². The normalized spacial score (nSPS) is 11.7. The number of aromatic nitrogens is 1. The van der Waals surface area contributed by atoms with Gasteiger partial charge in [0.1, 0.15) is 11.4 Å². The first-order valence-corrected chi connectivity index (χ1v) is 8.58. The topological polar surface area (TPSA) is 72.2 Å². The summed E-state index contributed by atoms with van der Waals surface area (Å²) in [6.45, 7) is 1.76. The molecule has 1 aromatic heterocycles. The predicted molar refractivity (Wildman–Crippen MR) is 86.4 cm³/mol. The van der Waals surface area contributed by atoms with E-state index in [-0.39, 0.29) is 5.75 Å². The summed E-state index contributed by atoms with van der Waals surface area (Å²) in [5.74, 6) is -0.268. The van der Waals surface area contributed by atoms with Crippen molar-refractivity contribution in [3.8, 4) is 0 Å². The average Bonchev–Trinajstić information content (AvgIpc) is 2.86. The van der Waals surface area contributed by atoms with Gasteiger partial charge >= 0.3 is 0 Å². The lowest BCUT2D eigenvalue weighted by atomic mass is 10.2. The maximum absolute atomic E-state index is 12.3. The van der Waals surface area contributed by atoms with E-state index in [2.05, 4.69) is 9.88 Å². The number of sulfonamides is 1. The molecule has 5 nitrogen and oxygen atoms in total. The molecule has 0 saturated heterocycles. The Morgan fingerprint density at radius 1 is 1.18 bits per heavy atom. The number of hydrogen-bond acceptors (Lipinski definition) is 4. The van der Waals surface area contributed by atoms with Crippen molar-refractivity contribution in [3.05, 3.63) is 58.7 Å². The van der Waals surface area contributed by atoms with Crippen LogP contribution in [0.2, 0.25) is 5.02 Å². The first-order chi connectivity index (χ1) is 10.5. The van der Waals surface area contributed by atoms with Gasteiger partial charge in [-0.1, -0.05) is 35.0 Å². The highest BCUT2D eigenvalue weighted by molar-refractivity contribution is 7.91. The standard InChI is InChI=1S/C15H13ClN2O3S/c1-10-12(16)6-4-7-13(10)18-22(19,20)9-14-11-5-2-3-8-15(11)21-17-14/h2-8,18H,9H2,1H3. The molecule has 114 valence electrons. The van der Waals surface area contributed by atoms with Gasteiger partial charge in [-0.2, -0.15) is 0 Å². The molecule has 0 aliphatic rings. The Morgan fingerprint density at radius 2 is 1.95 bits per heavy atom. The van der Waals surface area contributed by atoms with Gasteiger partial charge in [0.25, 0.3) is 0 Å². The van der Waals surface area contributed by atoms with Crippen LogP contribution in [0.4, 0.5) is 5.69 Å². The lowest BCUT2D eigenvalue weighted by Gasteiger charge is -2.10. The minimum atomic E-state index is -3.62. The van der Waals surface area contributed by atoms with Gasteiger partial charge in [0, 0.05) is 10.4 Å². The average molecular weight is 337 g/mol. The number of para-hydroxylation sites is 1. The van der Waals surface area contributed by atoms with Crippen molar-refractivity contribution in [2.45, 2.75) is 12.7 Å². The van der Waals surface area contributed by atoms with Crippen LogP contribution in [0.3, 0.4) is 0 Å². The molecule has 0 aliphatic carbocycles. The van der Waals surface area contributed by atoms with Crippen LogP contribution in [0.5, 0.6) is 0 Å².